The Kier molecular flexibility index (Phi) is 25.2. The number of rotatable bonds is 6. The highest BCUT2D eigenvalue weighted by atomic mass is 32.5. The van der Waals surface area contributed by atoms with E-state index in [1.54, 1.807) is 0 Å². The van der Waals surface area contributed by atoms with Crippen LogP contribution in [0.4, 0.5) is 70.4 Å². The third-order valence-corrected chi connectivity index (χ3v) is 32.0. The lowest BCUT2D eigenvalue weighted by Gasteiger charge is -2.33. The van der Waals surface area contributed by atoms with E-state index in [9.17, 15) is 43.7 Å². The topological polar surface area (TPSA) is 774 Å². The Balaban J connectivity index is 0.000000128. The molecule has 10 aliphatic heterocycles. The molecule has 0 spiro atoms. The predicted molar refractivity (Wildman–Crippen MR) is 468 cm³/mol. The van der Waals surface area contributed by atoms with E-state index in [1.165, 1.54) is 39.0 Å². The van der Waals surface area contributed by atoms with Crippen molar-refractivity contribution in [2.24, 2.45) is 0 Å². The summed E-state index contributed by atoms with van der Waals surface area (Å²) in [5.74, 6) is -12.9. The Morgan fingerprint density at radius 1 is 0.345 bits per heavy atom. The largest absolute Gasteiger partial charge is 0.382 e. The molecule has 0 aromatic carbocycles. The first-order valence-electron chi connectivity index (χ1n) is 39.4. The number of ether oxygens (including phenoxy) is 7. The van der Waals surface area contributed by atoms with Crippen LogP contribution in [0.1, 0.15) is 37.4 Å². The number of halogens is 8. The lowest BCUT2D eigenvalue weighted by molar-refractivity contribution is -0.183. The van der Waals surface area contributed by atoms with Crippen molar-refractivity contribution >= 4 is 213 Å². The van der Waals surface area contributed by atoms with Crippen LogP contribution in [0, 0.1) is 0 Å². The number of anilines is 6. The summed E-state index contributed by atoms with van der Waals surface area (Å²) in [5, 5.41) is 0. The van der Waals surface area contributed by atoms with Crippen LogP contribution in [0.5, 0.6) is 0 Å². The number of nitrogens with one attached hydrogen (secondary N) is 3. The maximum atomic E-state index is 16.0. The molecule has 12 aromatic rings. The molecule has 78 heteroatoms. The molecule has 0 aliphatic carbocycles. The molecule has 139 heavy (non-hydrogen) atoms. The van der Waals surface area contributed by atoms with E-state index >= 15 is 35.1 Å². The molecular weight excluding hydrogens is 2130 g/mol. The molecule has 6 unspecified atom stereocenters. The molecule has 10 saturated heterocycles. The molecule has 22 rings (SSSR count). The number of aromatic amines is 3. The Bertz CT molecular complexity index is 7160. The Morgan fingerprint density at radius 2 is 0.633 bits per heavy atom. The van der Waals surface area contributed by atoms with Crippen LogP contribution in [0.3, 0.4) is 0 Å². The fourth-order valence-corrected chi connectivity index (χ4v) is 24.9. The maximum Gasteiger partial charge on any atom is 0.325 e. The minimum Gasteiger partial charge on any atom is -0.382 e. The number of nitrogens with zero attached hydrogens (tertiary/aromatic N) is 21. The first-order chi connectivity index (χ1) is 65.5. The lowest BCUT2D eigenvalue weighted by Crippen LogP contribution is -2.46. The minimum absolute atomic E-state index is 0.0124. The van der Waals surface area contributed by atoms with Gasteiger partial charge in [-0.15, -0.1) is 0 Å². The van der Waals surface area contributed by atoms with Crippen LogP contribution < -0.4 is 51.1 Å². The Morgan fingerprint density at radius 3 is 0.971 bits per heavy atom. The minimum atomic E-state index is -4.63. The summed E-state index contributed by atoms with van der Waals surface area (Å²) in [7, 11) is 0. The molecule has 58 nitrogen and oxygen atoms in total. The lowest BCUT2D eigenvalue weighted by atomic mass is 10.0. The summed E-state index contributed by atoms with van der Waals surface area (Å²) in [6.45, 7) is -32.9. The number of aromatic nitrogens is 24. The molecule has 27 atom stereocenters. The molecular formula is C61H64F8N30O28P6S6. The maximum absolute atomic E-state index is 16.0. The number of imidazole rings is 6. The van der Waals surface area contributed by atoms with Crippen molar-refractivity contribution in [3.8, 4) is 0 Å². The highest BCUT2D eigenvalue weighted by molar-refractivity contribution is 8.08. The zero-order valence-corrected chi connectivity index (χ0v) is 78.6. The van der Waals surface area contributed by atoms with Crippen LogP contribution in [-0.2, 0) is 158 Å². The van der Waals surface area contributed by atoms with Crippen molar-refractivity contribution in [1.29, 1.82) is 0 Å². The molecule has 10 aliphatic rings. The van der Waals surface area contributed by atoms with E-state index in [1.807, 2.05) is 0 Å². The van der Waals surface area contributed by atoms with Crippen molar-refractivity contribution in [2.45, 2.75) is 146 Å². The molecule has 21 N–H and O–H groups in total. The van der Waals surface area contributed by atoms with Crippen LogP contribution in [0.15, 0.2) is 71.3 Å². The summed E-state index contributed by atoms with van der Waals surface area (Å²) in [6.07, 6.45) is -26.0. The summed E-state index contributed by atoms with van der Waals surface area (Å²) in [6, 6.07) is 0. The number of H-pyrrole nitrogens is 3. The molecule has 748 valence electrons. The van der Waals surface area contributed by atoms with Gasteiger partial charge in [0.05, 0.1) is 84.2 Å². The Hall–Kier alpha value is -8.16. The van der Waals surface area contributed by atoms with Gasteiger partial charge in [-0.2, -0.15) is 15.0 Å². The number of fused-ring (bicyclic) bond motifs is 14. The third kappa shape index (κ3) is 17.9. The van der Waals surface area contributed by atoms with Gasteiger partial charge in [-0.25, -0.2) is 94.9 Å². The van der Waals surface area contributed by atoms with Gasteiger partial charge in [0.2, 0.25) is 17.8 Å². The summed E-state index contributed by atoms with van der Waals surface area (Å²) < 4.78 is 240. The number of nitrogens with two attached hydrogens (primary N) is 6. The summed E-state index contributed by atoms with van der Waals surface area (Å²) in [4.78, 5) is 169. The number of nitrogen functional groups attached to an aromatic ring is 6. The van der Waals surface area contributed by atoms with E-state index in [4.69, 9.17) is 193 Å². The van der Waals surface area contributed by atoms with Crippen molar-refractivity contribution in [2.75, 3.05) is 80.7 Å². The predicted octanol–water partition coefficient (Wildman–Crippen LogP) is -0.140. The van der Waals surface area contributed by atoms with Gasteiger partial charge >= 0.3 is 58.1 Å². The van der Waals surface area contributed by atoms with Gasteiger partial charge in [-0.1, -0.05) is 0 Å². The van der Waals surface area contributed by atoms with Crippen molar-refractivity contribution in [1.82, 2.24) is 117 Å². The zero-order valence-electron chi connectivity index (χ0n) is 68.4. The first-order valence-corrected chi connectivity index (χ1v) is 54.9. The molecule has 22 heterocycles. The highest BCUT2D eigenvalue weighted by Gasteiger charge is 2.69. The Labute approximate surface area is 793 Å². The quantitative estimate of drug-likeness (QED) is 0.0761. The number of alkyl halides is 8. The smallest absolute Gasteiger partial charge is 0.325 e. The average molecular weight is 2200 g/mol. The molecule has 0 saturated carbocycles. The molecule has 12 aromatic heterocycles. The van der Waals surface area contributed by atoms with Crippen molar-refractivity contribution in [3.05, 3.63) is 88.0 Å². The number of hydrogen-bond donors (Lipinski definition) is 15. The van der Waals surface area contributed by atoms with Crippen molar-refractivity contribution < 1.29 is 152 Å². The van der Waals surface area contributed by atoms with Crippen LogP contribution in [-0.4, -0.2) is 302 Å². The third-order valence-electron chi connectivity index (χ3n) is 22.7. The molecule has 8 bridgehead atoms. The fraction of sp³-hybridized carbons (Fsp3) is 0.508. The average Bonchev–Trinajstić information content (AvgIpc) is 1.55. The summed E-state index contributed by atoms with van der Waals surface area (Å²) in [5.41, 5.74) is 30.1. The van der Waals surface area contributed by atoms with E-state index < -0.39 is 243 Å². The van der Waals surface area contributed by atoms with E-state index in [0.29, 0.717) is 0 Å². The normalized spacial score (nSPS) is 37.3. The molecule has 0 amide bonds. The highest BCUT2D eigenvalue weighted by Crippen LogP contribution is 2.64. The summed E-state index contributed by atoms with van der Waals surface area (Å²) >= 11 is 30.6. The van der Waals surface area contributed by atoms with E-state index in [-0.39, 0.29) is 109 Å². The first kappa shape index (κ1) is 98.2. The van der Waals surface area contributed by atoms with Gasteiger partial charge in [-0.05, 0) is 70.8 Å². The standard InChI is InChI=1S/C21H22F2N10O10P2S2.2C20H21F3N10O9P2S2/c22-21(23)7-1-38-44(35,46)42-11-10-17(32-5-28-8-13(24)26-4-27-14(8)32)41-20(11,2-37-10)3-39-45(36,47)43-12(21)18(40-7)33-6-29-9-15(33)30-19(25)31-16(9)34;2*21-8-11-6(39-17(8)32-4-28-9-13(24)26-3-27-14(9)32)1-37-44(36,46)42-12-18(33-5-29-10-15(33)30-19(25)31-16(10)34)40-7(20(12,22)23)2-38-43(35,45)41-11/h4-7,10-12,17-18H,1-3H2,(H,35,46)(H,36,47)(H2,24,26,27)(H3,25,30,31,34);2*3-8,11-12,17-18H,1-2H2,(H,35,45)(H,36,46)(H2,24,26,27)(H3,25,30,31,34)/t7-,10-,11+,12+,17-,18-,20-,44?,45?;2*6-,7-,8+,11-,12+,17-,18-,43?,44?/m111/s1. The molecule has 10 fully saturated rings. The van der Waals surface area contributed by atoms with E-state index in [2.05, 4.69) is 89.7 Å². The second-order valence-corrected chi connectivity index (χ2v) is 48.1. The fourth-order valence-electron chi connectivity index (χ4n) is 16.4. The monoisotopic (exact) mass is 2190 g/mol. The van der Waals surface area contributed by atoms with Crippen LogP contribution >= 0.6 is 40.3 Å². The SMILES string of the molecule is Nc1nc2c(ncn2[C@@H]2O[C@@H]3COP(O)(=S)O[C@H]4[C@H](F)[C@H](n5cnc6c(N)ncnc65)O[C@@H]4COP(O)(=S)O[C@@H]2C3(F)F)c(=O)[nH]1.Nc1nc2c(ncn2[C@@H]2O[C@@H]3COP(O)(=S)O[C@H]4[C@H](F)[C@H](n5cnc6c(N)ncnc65)O[C@@H]4COP(O)(=S)O[C@@H]2C3(F)F)c(=O)[nH]1.Nc1nc2c(ncn2[C@@H]2O[C@@H]3COP(O)(=S)O[C@H]4[C@H]5OC[C@]4(COP(O)(=S)O[C@@H]2C3(F)F)O[C@H]5n2cnc3c(N)ncnc32)c(=O)[nH]1. The second-order valence-electron chi connectivity index (χ2n) is 31.3. The van der Waals surface area contributed by atoms with Gasteiger partial charge < -0.3 is 124 Å². The van der Waals surface area contributed by atoms with E-state index in [0.717, 1.165) is 45.3 Å². The van der Waals surface area contributed by atoms with Crippen molar-refractivity contribution in [3.63, 3.8) is 0 Å². The van der Waals surface area contributed by atoms with Gasteiger partial charge in [0.15, 0.2) is 154 Å². The van der Waals surface area contributed by atoms with Gasteiger partial charge in [0.25, 0.3) is 16.7 Å². The molecule has 0 radical (unpaired) electrons. The van der Waals surface area contributed by atoms with Gasteiger partial charge in [0.1, 0.15) is 77.8 Å². The van der Waals surface area contributed by atoms with Gasteiger partial charge in [0, 0.05) is 0 Å². The zero-order chi connectivity index (χ0) is 98.6. The van der Waals surface area contributed by atoms with Crippen LogP contribution in [0.2, 0.25) is 0 Å². The number of hydrogen-bond acceptors (Lipinski definition) is 49. The van der Waals surface area contributed by atoms with Crippen LogP contribution in [0.25, 0.3) is 67.0 Å². The van der Waals surface area contributed by atoms with Gasteiger partial charge in [-0.3, -0.25) is 83.9 Å². The second kappa shape index (κ2) is 35.7.